The van der Waals surface area contributed by atoms with Crippen LogP contribution in [-0.4, -0.2) is 29.5 Å². The lowest BCUT2D eigenvalue weighted by atomic mass is 10.3. The van der Waals surface area contributed by atoms with Crippen LogP contribution in [-0.2, 0) is 11.3 Å². The number of anilines is 1. The van der Waals surface area contributed by atoms with E-state index < -0.39 is 0 Å². The van der Waals surface area contributed by atoms with Gasteiger partial charge in [-0.05, 0) is 36.5 Å². The van der Waals surface area contributed by atoms with Gasteiger partial charge in [-0.25, -0.2) is 0 Å². The number of nitrogens with zero attached hydrogens (tertiary/aromatic N) is 1. The van der Waals surface area contributed by atoms with Crippen molar-refractivity contribution in [2.24, 2.45) is 0 Å². The molecule has 0 radical (unpaired) electrons. The van der Waals surface area contributed by atoms with Crippen LogP contribution in [0.5, 0.6) is 0 Å². The van der Waals surface area contributed by atoms with E-state index in [0.29, 0.717) is 22.4 Å². The van der Waals surface area contributed by atoms with Gasteiger partial charge < -0.3 is 20.0 Å². The summed E-state index contributed by atoms with van der Waals surface area (Å²) in [6.45, 7) is 0.595. The molecule has 2 aromatic rings. The first-order valence-corrected chi connectivity index (χ1v) is 7.40. The van der Waals surface area contributed by atoms with Gasteiger partial charge in [-0.2, -0.15) is 0 Å². The molecule has 0 fully saturated rings. The second-order valence-corrected chi connectivity index (χ2v) is 5.42. The zero-order valence-electron chi connectivity index (χ0n) is 12.0. The molecule has 0 aliphatic heterocycles. The molecule has 0 bridgehead atoms. The highest BCUT2D eigenvalue weighted by atomic mass is 35.5. The third-order valence-electron chi connectivity index (χ3n) is 2.87. The SMILES string of the molecule is CN(CC(=O)Nc1ccccc1Cl)C(=S)NCc1ccco1. The number of thiocarbonyl (C=S) groups is 1. The number of nitrogens with one attached hydrogen (secondary N) is 2. The molecule has 5 nitrogen and oxygen atoms in total. The molecule has 0 saturated heterocycles. The van der Waals surface area contributed by atoms with Crippen molar-refractivity contribution in [2.45, 2.75) is 6.54 Å². The van der Waals surface area contributed by atoms with Crippen molar-refractivity contribution < 1.29 is 9.21 Å². The van der Waals surface area contributed by atoms with Gasteiger partial charge in [0.05, 0.1) is 30.1 Å². The van der Waals surface area contributed by atoms with Crippen molar-refractivity contribution in [1.82, 2.24) is 10.2 Å². The van der Waals surface area contributed by atoms with Crippen LogP contribution in [0.3, 0.4) is 0 Å². The Morgan fingerprint density at radius 1 is 1.32 bits per heavy atom. The van der Waals surface area contributed by atoms with Gasteiger partial charge in [-0.3, -0.25) is 4.79 Å². The molecule has 0 atom stereocenters. The molecular weight excluding hydrogens is 322 g/mol. The molecule has 0 unspecified atom stereocenters. The summed E-state index contributed by atoms with van der Waals surface area (Å²) in [7, 11) is 1.74. The largest absolute Gasteiger partial charge is 0.467 e. The van der Waals surface area contributed by atoms with Gasteiger partial charge in [0.1, 0.15) is 5.76 Å². The van der Waals surface area contributed by atoms with Crippen LogP contribution in [0.1, 0.15) is 5.76 Å². The predicted octanol–water partition coefficient (Wildman–Crippen LogP) is 2.88. The number of para-hydroxylation sites is 1. The first-order chi connectivity index (χ1) is 10.6. The van der Waals surface area contributed by atoms with E-state index in [1.165, 1.54) is 0 Å². The summed E-state index contributed by atoms with van der Waals surface area (Å²) in [5.74, 6) is 0.578. The second kappa shape index (κ2) is 7.82. The minimum atomic E-state index is -0.197. The highest BCUT2D eigenvalue weighted by Gasteiger charge is 2.11. The van der Waals surface area contributed by atoms with E-state index >= 15 is 0 Å². The maximum atomic E-state index is 12.0. The summed E-state index contributed by atoms with van der Waals surface area (Å²) in [4.78, 5) is 13.6. The number of likely N-dealkylation sites (N-methyl/N-ethyl adjacent to an activating group) is 1. The third-order valence-corrected chi connectivity index (χ3v) is 3.65. The first-order valence-electron chi connectivity index (χ1n) is 6.62. The monoisotopic (exact) mass is 337 g/mol. The fraction of sp³-hybridized carbons (Fsp3) is 0.200. The van der Waals surface area contributed by atoms with Gasteiger partial charge >= 0.3 is 0 Å². The number of hydrogen-bond donors (Lipinski definition) is 2. The zero-order chi connectivity index (χ0) is 15.9. The number of rotatable bonds is 5. The Bertz CT molecular complexity index is 646. The smallest absolute Gasteiger partial charge is 0.244 e. The number of benzene rings is 1. The second-order valence-electron chi connectivity index (χ2n) is 4.62. The molecule has 0 spiro atoms. The molecule has 2 rings (SSSR count). The molecule has 0 saturated carbocycles. The highest BCUT2D eigenvalue weighted by Crippen LogP contribution is 2.20. The van der Waals surface area contributed by atoms with Crippen LogP contribution in [0.15, 0.2) is 47.1 Å². The fourth-order valence-corrected chi connectivity index (χ4v) is 2.07. The van der Waals surface area contributed by atoms with E-state index in [1.807, 2.05) is 6.07 Å². The maximum Gasteiger partial charge on any atom is 0.244 e. The fourth-order valence-electron chi connectivity index (χ4n) is 1.75. The number of halogens is 1. The molecule has 1 aromatic carbocycles. The lowest BCUT2D eigenvalue weighted by Gasteiger charge is -2.20. The predicted molar refractivity (Wildman–Crippen MR) is 90.9 cm³/mol. The Balaban J connectivity index is 1.80. The number of carbonyl (C=O) groups is 1. The van der Waals surface area contributed by atoms with Gasteiger partial charge in [0, 0.05) is 7.05 Å². The summed E-state index contributed by atoms with van der Waals surface area (Å²) in [6, 6.07) is 10.7. The van der Waals surface area contributed by atoms with Crippen LogP contribution in [0.25, 0.3) is 0 Å². The van der Waals surface area contributed by atoms with Crippen molar-refractivity contribution in [3.8, 4) is 0 Å². The molecule has 0 aliphatic carbocycles. The van der Waals surface area contributed by atoms with E-state index in [-0.39, 0.29) is 12.5 Å². The molecular formula is C15H16ClN3O2S. The van der Waals surface area contributed by atoms with Gasteiger partial charge in [-0.1, -0.05) is 23.7 Å². The van der Waals surface area contributed by atoms with E-state index in [4.69, 9.17) is 28.2 Å². The lowest BCUT2D eigenvalue weighted by molar-refractivity contribution is -0.116. The van der Waals surface area contributed by atoms with Gasteiger partial charge in [-0.15, -0.1) is 0 Å². The van der Waals surface area contributed by atoms with Gasteiger partial charge in [0.25, 0.3) is 0 Å². The Kier molecular flexibility index (Phi) is 5.80. The average molecular weight is 338 g/mol. The summed E-state index contributed by atoms with van der Waals surface area (Å²) in [6.07, 6.45) is 1.60. The minimum Gasteiger partial charge on any atom is -0.467 e. The Labute approximate surface area is 139 Å². The van der Waals surface area contributed by atoms with E-state index in [0.717, 1.165) is 5.76 Å². The lowest BCUT2D eigenvalue weighted by Crippen LogP contribution is -2.41. The first kappa shape index (κ1) is 16.3. The molecule has 1 amide bonds. The molecule has 7 heteroatoms. The average Bonchev–Trinajstić information content (AvgIpc) is 3.00. The van der Waals surface area contributed by atoms with Gasteiger partial charge in [0.15, 0.2) is 5.11 Å². The van der Waals surface area contributed by atoms with Crippen molar-refractivity contribution in [3.63, 3.8) is 0 Å². The molecule has 1 aromatic heterocycles. The van der Waals surface area contributed by atoms with Crippen molar-refractivity contribution >= 4 is 40.5 Å². The summed E-state index contributed by atoms with van der Waals surface area (Å²) < 4.78 is 5.20. The van der Waals surface area contributed by atoms with Crippen LogP contribution in [0, 0.1) is 0 Å². The van der Waals surface area contributed by atoms with Crippen molar-refractivity contribution in [1.29, 1.82) is 0 Å². The van der Waals surface area contributed by atoms with Gasteiger partial charge in [0.2, 0.25) is 5.91 Å². The molecule has 22 heavy (non-hydrogen) atoms. The number of carbonyl (C=O) groups excluding carboxylic acids is 1. The van der Waals surface area contributed by atoms with Crippen LogP contribution in [0.4, 0.5) is 5.69 Å². The summed E-state index contributed by atoms with van der Waals surface area (Å²) in [5, 5.41) is 6.73. The number of hydrogen-bond acceptors (Lipinski definition) is 3. The summed E-state index contributed by atoms with van der Waals surface area (Å²) in [5.41, 5.74) is 0.581. The molecule has 2 N–H and O–H groups in total. The van der Waals surface area contributed by atoms with Crippen LogP contribution in [0.2, 0.25) is 5.02 Å². The molecule has 1 heterocycles. The third kappa shape index (κ3) is 4.75. The molecule has 116 valence electrons. The summed E-state index contributed by atoms with van der Waals surface area (Å²) >= 11 is 11.2. The zero-order valence-corrected chi connectivity index (χ0v) is 13.6. The van der Waals surface area contributed by atoms with Crippen molar-refractivity contribution in [2.75, 3.05) is 18.9 Å². The topological polar surface area (TPSA) is 57.5 Å². The van der Waals surface area contributed by atoms with E-state index in [2.05, 4.69) is 10.6 Å². The van der Waals surface area contributed by atoms with Crippen LogP contribution >= 0.6 is 23.8 Å². The minimum absolute atomic E-state index is 0.120. The number of amides is 1. The highest BCUT2D eigenvalue weighted by molar-refractivity contribution is 7.80. The van der Waals surface area contributed by atoms with E-state index in [9.17, 15) is 4.79 Å². The normalized spacial score (nSPS) is 10.1. The quantitative estimate of drug-likeness (QED) is 0.822. The Morgan fingerprint density at radius 3 is 2.77 bits per heavy atom. The van der Waals surface area contributed by atoms with E-state index in [1.54, 1.807) is 48.5 Å². The Hall–Kier alpha value is -2.05. The maximum absolute atomic E-state index is 12.0. The van der Waals surface area contributed by atoms with Crippen molar-refractivity contribution in [3.05, 3.63) is 53.4 Å². The standard InChI is InChI=1S/C15H16ClN3O2S/c1-19(15(22)17-9-11-5-4-8-21-11)10-14(20)18-13-7-3-2-6-12(13)16/h2-8H,9-10H2,1H3,(H,17,22)(H,18,20). The molecule has 0 aliphatic rings. The van der Waals surface area contributed by atoms with Crippen LogP contribution < -0.4 is 10.6 Å². The number of furan rings is 1. The Morgan fingerprint density at radius 2 is 2.09 bits per heavy atom.